The fourth-order valence-electron chi connectivity index (χ4n) is 4.60. The minimum absolute atomic E-state index is 0.602. The van der Waals surface area contributed by atoms with Gasteiger partial charge in [0.1, 0.15) is 0 Å². The van der Waals surface area contributed by atoms with Crippen LogP contribution in [0.1, 0.15) is 75.0 Å². The maximum absolute atomic E-state index is 2.50. The number of rotatable bonds is 3. The Hall–Kier alpha value is -1.56. The lowest BCUT2D eigenvalue weighted by Gasteiger charge is -2.22. The first-order chi connectivity index (χ1) is 11.2. The lowest BCUT2D eigenvalue weighted by molar-refractivity contribution is 0.400. The fraction of sp³-hybridized carbons (Fsp3) is 0.478. The molecule has 0 aromatic heterocycles. The second-order valence-electron chi connectivity index (χ2n) is 7.89. The maximum Gasteiger partial charge on any atom is 0.00502 e. The molecule has 1 fully saturated rings. The van der Waals surface area contributed by atoms with Crippen molar-refractivity contribution in [2.45, 2.75) is 58.3 Å². The van der Waals surface area contributed by atoms with Gasteiger partial charge in [0.2, 0.25) is 0 Å². The van der Waals surface area contributed by atoms with Crippen LogP contribution in [0.3, 0.4) is 0 Å². The van der Waals surface area contributed by atoms with Crippen molar-refractivity contribution < 1.29 is 0 Å². The molecule has 0 saturated heterocycles. The zero-order valence-corrected chi connectivity index (χ0v) is 14.5. The lowest BCUT2D eigenvalue weighted by Crippen LogP contribution is -2.07. The molecule has 1 unspecified atom stereocenters. The molecular formula is C23H28. The summed E-state index contributed by atoms with van der Waals surface area (Å²) in [7, 11) is 0. The Bertz CT molecular complexity index is 678. The van der Waals surface area contributed by atoms with Crippen LogP contribution in [0.15, 0.2) is 42.0 Å². The number of hydrogen-bond donors (Lipinski definition) is 0. The first-order valence-corrected chi connectivity index (χ1v) is 9.45. The summed E-state index contributed by atoms with van der Waals surface area (Å²) < 4.78 is 0. The van der Waals surface area contributed by atoms with E-state index in [1.165, 1.54) is 60.8 Å². The summed E-state index contributed by atoms with van der Waals surface area (Å²) in [4.78, 5) is 0. The predicted molar refractivity (Wildman–Crippen MR) is 100 cm³/mol. The van der Waals surface area contributed by atoms with Crippen LogP contribution in [0.5, 0.6) is 0 Å². The highest BCUT2D eigenvalue weighted by atomic mass is 14.3. The predicted octanol–water partition coefficient (Wildman–Crippen LogP) is 6.75. The average Bonchev–Trinajstić information content (AvgIpc) is 3.22. The second-order valence-corrected chi connectivity index (χ2v) is 7.89. The summed E-state index contributed by atoms with van der Waals surface area (Å²) >= 11 is 0. The molecule has 1 saturated carbocycles. The Labute approximate surface area is 141 Å². The van der Waals surface area contributed by atoms with Crippen LogP contribution in [0, 0.1) is 11.8 Å². The summed E-state index contributed by atoms with van der Waals surface area (Å²) in [5.41, 5.74) is 7.50. The van der Waals surface area contributed by atoms with Gasteiger partial charge in [-0.05, 0) is 59.4 Å². The molecule has 1 atom stereocenters. The Morgan fingerprint density at radius 1 is 1.04 bits per heavy atom. The van der Waals surface area contributed by atoms with Gasteiger partial charge in [0.15, 0.2) is 0 Å². The van der Waals surface area contributed by atoms with Gasteiger partial charge in [-0.25, -0.2) is 0 Å². The van der Waals surface area contributed by atoms with Crippen LogP contribution < -0.4 is 0 Å². The van der Waals surface area contributed by atoms with Gasteiger partial charge in [-0.1, -0.05) is 75.1 Å². The molecule has 0 nitrogen and oxygen atoms in total. The van der Waals surface area contributed by atoms with Crippen molar-refractivity contribution in [3.8, 4) is 0 Å². The summed E-state index contributed by atoms with van der Waals surface area (Å²) in [6, 6.07) is 7.11. The van der Waals surface area contributed by atoms with Crippen molar-refractivity contribution in [1.29, 1.82) is 0 Å². The summed E-state index contributed by atoms with van der Waals surface area (Å²) in [6.45, 7) is 4.63. The van der Waals surface area contributed by atoms with Crippen LogP contribution >= 0.6 is 0 Å². The maximum atomic E-state index is 2.50. The minimum atomic E-state index is 0.602. The van der Waals surface area contributed by atoms with Gasteiger partial charge in [0.25, 0.3) is 0 Å². The van der Waals surface area contributed by atoms with E-state index in [-0.39, 0.29) is 0 Å². The van der Waals surface area contributed by atoms with Crippen LogP contribution in [0.25, 0.3) is 11.6 Å². The van der Waals surface area contributed by atoms with E-state index in [0.717, 1.165) is 5.92 Å². The molecule has 120 valence electrons. The zero-order chi connectivity index (χ0) is 15.8. The van der Waals surface area contributed by atoms with E-state index >= 15 is 0 Å². The normalized spacial score (nSPS) is 24.0. The zero-order valence-electron chi connectivity index (χ0n) is 14.5. The number of fused-ring (bicyclic) bond motifs is 1. The first kappa shape index (κ1) is 15.0. The summed E-state index contributed by atoms with van der Waals surface area (Å²) in [5.74, 6) is 2.14. The number of hydrogen-bond acceptors (Lipinski definition) is 0. The molecule has 0 N–H and O–H groups in total. The Kier molecular flexibility index (Phi) is 4.01. The monoisotopic (exact) mass is 304 g/mol. The van der Waals surface area contributed by atoms with Crippen molar-refractivity contribution in [2.75, 3.05) is 0 Å². The Balaban J connectivity index is 1.55. The molecule has 0 amide bonds. The van der Waals surface area contributed by atoms with E-state index in [0.29, 0.717) is 11.8 Å². The van der Waals surface area contributed by atoms with Gasteiger partial charge < -0.3 is 0 Å². The van der Waals surface area contributed by atoms with E-state index in [4.69, 9.17) is 0 Å². The van der Waals surface area contributed by atoms with Crippen LogP contribution in [-0.4, -0.2) is 0 Å². The molecule has 0 bridgehead atoms. The van der Waals surface area contributed by atoms with E-state index in [9.17, 15) is 0 Å². The molecule has 0 heteroatoms. The second kappa shape index (κ2) is 6.15. The third-order valence-corrected chi connectivity index (χ3v) is 6.01. The first-order valence-electron chi connectivity index (χ1n) is 9.45. The molecule has 0 aliphatic heterocycles. The van der Waals surface area contributed by atoms with Gasteiger partial charge in [-0.15, -0.1) is 0 Å². The average molecular weight is 304 g/mol. The molecule has 3 aliphatic carbocycles. The summed E-state index contributed by atoms with van der Waals surface area (Å²) in [5, 5.41) is 0. The molecule has 23 heavy (non-hydrogen) atoms. The molecule has 1 aromatic rings. The standard InChI is InChI=1S/C23H28/c1-16(2)22-12-11-21-15-20(10-13-23(21)22)19-9-8-18(14-19)17-6-4-3-5-7-17/h9-17,22H,3-8H2,1-2H3. The van der Waals surface area contributed by atoms with Crippen molar-refractivity contribution >= 4 is 11.6 Å². The van der Waals surface area contributed by atoms with E-state index < -0.39 is 0 Å². The van der Waals surface area contributed by atoms with Crippen molar-refractivity contribution in [1.82, 2.24) is 0 Å². The molecule has 1 aromatic carbocycles. The quantitative estimate of drug-likeness (QED) is 0.579. The number of allylic oxidation sites excluding steroid dienone is 5. The molecule has 3 aliphatic rings. The van der Waals surface area contributed by atoms with Crippen molar-refractivity contribution in [3.63, 3.8) is 0 Å². The lowest BCUT2D eigenvalue weighted by atomic mass is 9.83. The van der Waals surface area contributed by atoms with Crippen LogP contribution in [0.2, 0.25) is 0 Å². The Morgan fingerprint density at radius 3 is 2.65 bits per heavy atom. The highest BCUT2D eigenvalue weighted by Crippen LogP contribution is 2.40. The highest BCUT2D eigenvalue weighted by Gasteiger charge is 2.23. The van der Waals surface area contributed by atoms with Crippen LogP contribution in [-0.2, 0) is 0 Å². The molecule has 0 heterocycles. The highest BCUT2D eigenvalue weighted by molar-refractivity contribution is 5.80. The molecule has 0 spiro atoms. The topological polar surface area (TPSA) is 0 Å². The number of benzene rings is 1. The SMILES string of the molecule is CC(C)C1C=Cc2cc(C3=CCC(C4CCCCC4)=C3)ccc21. The third-order valence-electron chi connectivity index (χ3n) is 6.01. The van der Waals surface area contributed by atoms with Gasteiger partial charge in [0, 0.05) is 5.92 Å². The fourth-order valence-corrected chi connectivity index (χ4v) is 4.60. The van der Waals surface area contributed by atoms with E-state index in [2.05, 4.69) is 56.4 Å². The van der Waals surface area contributed by atoms with Gasteiger partial charge >= 0.3 is 0 Å². The molecule has 0 radical (unpaired) electrons. The minimum Gasteiger partial charge on any atom is -0.0761 e. The third kappa shape index (κ3) is 2.84. The Morgan fingerprint density at radius 2 is 1.87 bits per heavy atom. The summed E-state index contributed by atoms with van der Waals surface area (Å²) in [6.07, 6.45) is 18.0. The van der Waals surface area contributed by atoms with E-state index in [1.807, 2.05) is 0 Å². The van der Waals surface area contributed by atoms with Gasteiger partial charge in [-0.3, -0.25) is 0 Å². The van der Waals surface area contributed by atoms with E-state index in [1.54, 1.807) is 5.57 Å². The van der Waals surface area contributed by atoms with Crippen molar-refractivity contribution in [3.05, 3.63) is 58.7 Å². The molecule has 4 rings (SSSR count). The van der Waals surface area contributed by atoms with Crippen molar-refractivity contribution in [2.24, 2.45) is 11.8 Å². The largest absolute Gasteiger partial charge is 0.0761 e. The molecular weight excluding hydrogens is 276 g/mol. The van der Waals surface area contributed by atoms with Crippen LogP contribution in [0.4, 0.5) is 0 Å². The van der Waals surface area contributed by atoms with Gasteiger partial charge in [-0.2, -0.15) is 0 Å². The smallest absolute Gasteiger partial charge is 0.00502 e. The van der Waals surface area contributed by atoms with Gasteiger partial charge in [0.05, 0.1) is 0 Å².